The van der Waals surface area contributed by atoms with Crippen molar-refractivity contribution in [3.63, 3.8) is 0 Å². The minimum absolute atomic E-state index is 0.361. The fourth-order valence-electron chi connectivity index (χ4n) is 0.340. The van der Waals surface area contributed by atoms with E-state index in [1.54, 1.807) is 0 Å². The van der Waals surface area contributed by atoms with E-state index in [0.29, 0.717) is 5.92 Å². The molecule has 0 spiro atoms. The Morgan fingerprint density at radius 2 is 2.12 bits per heavy atom. The first-order valence-electron chi connectivity index (χ1n) is 2.76. The minimum Gasteiger partial charge on any atom is -0.106 e. The van der Waals surface area contributed by atoms with Crippen LogP contribution < -0.4 is 0 Å². The molecular formula is C8H12. The van der Waals surface area contributed by atoms with Crippen molar-refractivity contribution in [2.45, 2.75) is 20.8 Å². The largest absolute Gasteiger partial charge is 0.106 e. The van der Waals surface area contributed by atoms with Crippen LogP contribution in [0.3, 0.4) is 0 Å². The molecule has 0 aromatic carbocycles. The van der Waals surface area contributed by atoms with Gasteiger partial charge in [0.05, 0.1) is 0 Å². The summed E-state index contributed by atoms with van der Waals surface area (Å²) in [6, 6.07) is 0. The molecule has 0 N–H and O–H groups in total. The van der Waals surface area contributed by atoms with Crippen LogP contribution in [0.5, 0.6) is 0 Å². The number of allylic oxidation sites excluding steroid dienone is 1. The lowest BCUT2D eigenvalue weighted by Gasteiger charge is -1.98. The van der Waals surface area contributed by atoms with Crippen molar-refractivity contribution >= 4 is 0 Å². The molecule has 0 aromatic rings. The molecule has 0 radical (unpaired) electrons. The van der Waals surface area contributed by atoms with Crippen LogP contribution in [0.25, 0.3) is 0 Å². The van der Waals surface area contributed by atoms with Crippen molar-refractivity contribution in [3.05, 3.63) is 12.2 Å². The third-order valence-electron chi connectivity index (χ3n) is 1.10. The summed E-state index contributed by atoms with van der Waals surface area (Å²) >= 11 is 0. The zero-order valence-electron chi connectivity index (χ0n) is 5.78. The fraction of sp³-hybridized carbons (Fsp3) is 0.500. The van der Waals surface area contributed by atoms with Gasteiger partial charge in [-0.3, -0.25) is 0 Å². The second kappa shape index (κ2) is 3.32. The van der Waals surface area contributed by atoms with Crippen molar-refractivity contribution in [2.75, 3.05) is 0 Å². The summed E-state index contributed by atoms with van der Waals surface area (Å²) in [4.78, 5) is 0. The summed E-state index contributed by atoms with van der Waals surface area (Å²) < 4.78 is 0. The van der Waals surface area contributed by atoms with Crippen molar-refractivity contribution < 1.29 is 0 Å². The number of hydrogen-bond donors (Lipinski definition) is 0. The van der Waals surface area contributed by atoms with Gasteiger partial charge in [0.1, 0.15) is 0 Å². The molecule has 0 rings (SSSR count). The average molecular weight is 108 g/mol. The van der Waals surface area contributed by atoms with Crippen LogP contribution in [-0.2, 0) is 0 Å². The van der Waals surface area contributed by atoms with Crippen molar-refractivity contribution in [2.24, 2.45) is 5.92 Å². The molecule has 0 nitrogen and oxygen atoms in total. The first-order valence-corrected chi connectivity index (χ1v) is 2.76. The van der Waals surface area contributed by atoms with Crippen molar-refractivity contribution in [3.8, 4) is 11.8 Å². The first kappa shape index (κ1) is 7.30. The van der Waals surface area contributed by atoms with Gasteiger partial charge >= 0.3 is 0 Å². The van der Waals surface area contributed by atoms with Crippen LogP contribution in [-0.4, -0.2) is 0 Å². The van der Waals surface area contributed by atoms with E-state index < -0.39 is 0 Å². The zero-order valence-corrected chi connectivity index (χ0v) is 5.78. The van der Waals surface area contributed by atoms with Crippen LogP contribution in [0.4, 0.5) is 0 Å². The molecule has 0 heteroatoms. The number of rotatable bonds is 1. The average Bonchev–Trinajstić information content (AvgIpc) is 1.67. The Morgan fingerprint density at radius 1 is 1.62 bits per heavy atom. The molecule has 0 aliphatic heterocycles. The highest BCUT2D eigenvalue weighted by Crippen LogP contribution is 2.03. The van der Waals surface area contributed by atoms with E-state index in [9.17, 15) is 0 Å². The van der Waals surface area contributed by atoms with Gasteiger partial charge in [0.2, 0.25) is 0 Å². The summed E-state index contributed by atoms with van der Waals surface area (Å²) in [6.45, 7) is 9.67. The Balaban J connectivity index is 3.77. The summed E-state index contributed by atoms with van der Waals surface area (Å²) in [6.07, 6.45) is 0. The second-order valence-electron chi connectivity index (χ2n) is 1.96. The van der Waals surface area contributed by atoms with E-state index in [1.807, 2.05) is 13.8 Å². The monoisotopic (exact) mass is 108 g/mol. The normalized spacial score (nSPS) is 11.4. The van der Waals surface area contributed by atoms with Gasteiger partial charge < -0.3 is 0 Å². The molecule has 0 bridgehead atoms. The lowest BCUT2D eigenvalue weighted by molar-refractivity contribution is 0.902. The van der Waals surface area contributed by atoms with Crippen LogP contribution in [0.2, 0.25) is 0 Å². The Kier molecular flexibility index (Phi) is 3.03. The summed E-state index contributed by atoms with van der Waals surface area (Å²) in [5.74, 6) is 6.19. The van der Waals surface area contributed by atoms with Gasteiger partial charge in [0.25, 0.3) is 0 Å². The Hall–Kier alpha value is -0.700. The van der Waals surface area contributed by atoms with Crippen molar-refractivity contribution in [1.29, 1.82) is 0 Å². The quantitative estimate of drug-likeness (QED) is 0.357. The molecule has 0 aliphatic carbocycles. The van der Waals surface area contributed by atoms with Crippen molar-refractivity contribution in [1.82, 2.24) is 0 Å². The molecule has 0 fully saturated rings. The van der Waals surface area contributed by atoms with Crippen LogP contribution in [0.15, 0.2) is 12.2 Å². The van der Waals surface area contributed by atoms with Gasteiger partial charge in [-0.15, -0.1) is 5.92 Å². The predicted molar refractivity (Wildman–Crippen MR) is 37.4 cm³/mol. The Labute approximate surface area is 51.6 Å². The van der Waals surface area contributed by atoms with Gasteiger partial charge in [-0.1, -0.05) is 18.1 Å². The van der Waals surface area contributed by atoms with Crippen LogP contribution in [0.1, 0.15) is 20.8 Å². The molecule has 8 heavy (non-hydrogen) atoms. The van der Waals surface area contributed by atoms with E-state index in [-0.39, 0.29) is 0 Å². The molecule has 44 valence electrons. The highest BCUT2D eigenvalue weighted by molar-refractivity contribution is 5.12. The summed E-state index contributed by atoms with van der Waals surface area (Å²) in [5, 5.41) is 0. The lowest BCUT2D eigenvalue weighted by atomic mass is 10.1. The molecule has 0 saturated heterocycles. The van der Waals surface area contributed by atoms with Gasteiger partial charge in [-0.2, -0.15) is 0 Å². The Bertz CT molecular complexity index is 132. The highest BCUT2D eigenvalue weighted by Gasteiger charge is 1.92. The van der Waals surface area contributed by atoms with Gasteiger partial charge in [-0.25, -0.2) is 0 Å². The maximum atomic E-state index is 3.77. The fourth-order valence-corrected chi connectivity index (χ4v) is 0.340. The SMILES string of the molecule is C=C(C)C(C)C#CC. The molecule has 1 atom stereocenters. The summed E-state index contributed by atoms with van der Waals surface area (Å²) in [7, 11) is 0. The van der Waals surface area contributed by atoms with E-state index in [0.717, 1.165) is 5.57 Å². The zero-order chi connectivity index (χ0) is 6.57. The molecule has 0 amide bonds. The third-order valence-corrected chi connectivity index (χ3v) is 1.10. The van der Waals surface area contributed by atoms with Crippen LogP contribution >= 0.6 is 0 Å². The maximum Gasteiger partial charge on any atom is 0.0378 e. The molecular weight excluding hydrogens is 96.1 g/mol. The topological polar surface area (TPSA) is 0 Å². The molecule has 0 heterocycles. The Morgan fingerprint density at radius 3 is 2.25 bits per heavy atom. The van der Waals surface area contributed by atoms with E-state index in [1.165, 1.54) is 0 Å². The highest BCUT2D eigenvalue weighted by atomic mass is 14.0. The summed E-state index contributed by atoms with van der Waals surface area (Å²) in [5.41, 5.74) is 1.14. The smallest absolute Gasteiger partial charge is 0.0378 e. The second-order valence-corrected chi connectivity index (χ2v) is 1.96. The minimum atomic E-state index is 0.361. The van der Waals surface area contributed by atoms with Crippen LogP contribution in [0, 0.1) is 17.8 Å². The standard InChI is InChI=1S/C8H12/c1-5-6-8(4)7(2)3/h8H,2H2,1,3-4H3. The maximum absolute atomic E-state index is 3.77. The van der Waals surface area contributed by atoms with E-state index in [2.05, 4.69) is 25.3 Å². The first-order chi connectivity index (χ1) is 3.68. The van der Waals surface area contributed by atoms with Gasteiger partial charge in [0.15, 0.2) is 0 Å². The predicted octanol–water partition coefficient (Wildman–Crippen LogP) is 2.22. The van der Waals surface area contributed by atoms with E-state index in [4.69, 9.17) is 0 Å². The van der Waals surface area contributed by atoms with E-state index >= 15 is 0 Å². The third kappa shape index (κ3) is 2.47. The molecule has 0 aliphatic rings. The molecule has 0 saturated carbocycles. The van der Waals surface area contributed by atoms with Gasteiger partial charge in [0, 0.05) is 5.92 Å². The molecule has 1 unspecified atom stereocenters. The lowest BCUT2D eigenvalue weighted by Crippen LogP contribution is -1.88. The van der Waals surface area contributed by atoms with Gasteiger partial charge in [-0.05, 0) is 20.8 Å². The molecule has 0 aromatic heterocycles. The number of hydrogen-bond acceptors (Lipinski definition) is 0.